The molecule has 1 aliphatic heterocycles. The Labute approximate surface area is 233 Å². The molecule has 0 atom stereocenters. The van der Waals surface area contributed by atoms with E-state index in [1.54, 1.807) is 0 Å². The number of urea groups is 1. The van der Waals surface area contributed by atoms with Crippen molar-refractivity contribution in [2.24, 2.45) is 5.73 Å². The number of amides is 2. The van der Waals surface area contributed by atoms with Crippen molar-refractivity contribution >= 4 is 34.9 Å². The molecule has 0 fully saturated rings. The van der Waals surface area contributed by atoms with Crippen LogP contribution in [0.5, 0.6) is 0 Å². The monoisotopic (exact) mass is 547 g/mol. The van der Waals surface area contributed by atoms with E-state index < -0.39 is 6.03 Å². The first-order valence-corrected chi connectivity index (χ1v) is 13.7. The fourth-order valence-electron chi connectivity index (χ4n) is 5.27. The number of nitrogens with one attached hydrogen (secondary N) is 1. The van der Waals surface area contributed by atoms with Crippen LogP contribution >= 0.6 is 23.2 Å². The van der Waals surface area contributed by atoms with Crippen LogP contribution in [-0.2, 0) is 32.4 Å². The zero-order chi connectivity index (χ0) is 26.8. The summed E-state index contributed by atoms with van der Waals surface area (Å²) < 4.78 is 2.15. The predicted octanol–water partition coefficient (Wildman–Crippen LogP) is 7.02. The molecule has 1 aliphatic rings. The molecule has 0 aliphatic carbocycles. The number of rotatable bonds is 7. The zero-order valence-electron chi connectivity index (χ0n) is 21.6. The molecule has 8 heteroatoms. The van der Waals surface area contributed by atoms with Gasteiger partial charge in [-0.2, -0.15) is 5.10 Å². The van der Waals surface area contributed by atoms with Crippen molar-refractivity contribution in [1.29, 1.82) is 0 Å². The number of primary amides is 1. The highest BCUT2D eigenvalue weighted by atomic mass is 35.5. The fraction of sp³-hybridized carbons (Fsp3) is 0.267. The summed E-state index contributed by atoms with van der Waals surface area (Å²) in [6.45, 7) is 6.69. The number of carbonyl (C=O) groups excluding carboxylic acids is 1. The Morgan fingerprint density at radius 2 is 1.71 bits per heavy atom. The second kappa shape index (κ2) is 11.2. The van der Waals surface area contributed by atoms with Gasteiger partial charge in [-0.05, 0) is 59.9 Å². The van der Waals surface area contributed by atoms with E-state index >= 15 is 0 Å². The van der Waals surface area contributed by atoms with Crippen molar-refractivity contribution < 1.29 is 4.79 Å². The third-order valence-corrected chi connectivity index (χ3v) is 7.72. The van der Waals surface area contributed by atoms with E-state index in [4.69, 9.17) is 34.0 Å². The van der Waals surface area contributed by atoms with Crippen molar-refractivity contribution in [2.45, 2.75) is 46.2 Å². The van der Waals surface area contributed by atoms with E-state index in [1.165, 1.54) is 16.7 Å². The average molecular weight is 549 g/mol. The highest BCUT2D eigenvalue weighted by Gasteiger charge is 2.28. The van der Waals surface area contributed by atoms with Crippen LogP contribution in [-0.4, -0.2) is 27.3 Å². The van der Waals surface area contributed by atoms with Gasteiger partial charge in [-0.3, -0.25) is 4.90 Å². The van der Waals surface area contributed by atoms with Crippen molar-refractivity contribution in [3.8, 4) is 16.9 Å². The molecule has 0 radical (unpaired) electrons. The molecule has 4 aromatic rings. The lowest BCUT2D eigenvalue weighted by Crippen LogP contribution is -2.30. The van der Waals surface area contributed by atoms with Gasteiger partial charge in [0.25, 0.3) is 0 Å². The smallest absolute Gasteiger partial charge is 0.316 e. The molecule has 3 N–H and O–H groups in total. The molecule has 196 valence electrons. The molecular weight excluding hydrogens is 517 g/mol. The molecular formula is C30H31Cl2N5O. The molecule has 38 heavy (non-hydrogen) atoms. The number of anilines is 1. The van der Waals surface area contributed by atoms with Crippen molar-refractivity contribution in [1.82, 2.24) is 14.7 Å². The highest BCUT2D eigenvalue weighted by molar-refractivity contribution is 6.33. The summed E-state index contributed by atoms with van der Waals surface area (Å²) in [5.74, 6) is 0. The van der Waals surface area contributed by atoms with E-state index in [2.05, 4.69) is 46.9 Å². The molecule has 3 aromatic carbocycles. The van der Waals surface area contributed by atoms with Crippen LogP contribution in [0.1, 0.15) is 41.8 Å². The van der Waals surface area contributed by atoms with Gasteiger partial charge < -0.3 is 11.1 Å². The minimum absolute atomic E-state index is 0.583. The first kappa shape index (κ1) is 26.3. The van der Waals surface area contributed by atoms with Gasteiger partial charge in [0, 0.05) is 52.9 Å². The number of aromatic nitrogens is 2. The number of benzene rings is 3. The largest absolute Gasteiger partial charge is 0.351 e. The Bertz CT molecular complexity index is 1460. The Morgan fingerprint density at radius 3 is 2.37 bits per heavy atom. The quantitative estimate of drug-likeness (QED) is 0.261. The standard InChI is InChI=1S/C30H31Cl2N5O/c1-3-19-6-5-7-20(4-2)28(19)37-29(21-8-11-24(12-9-21)34-30(33)38)25-18-36(15-14-27(25)35-37)17-22-16-23(31)10-13-26(22)32/h5-13,16H,3-4,14-15,17-18H2,1-2H3,(H3,33,34,38). The molecule has 1 aromatic heterocycles. The van der Waals surface area contributed by atoms with Gasteiger partial charge in [-0.25, -0.2) is 9.48 Å². The third kappa shape index (κ3) is 5.30. The molecule has 2 heterocycles. The number of nitrogens with zero attached hydrogens (tertiary/aromatic N) is 3. The van der Waals surface area contributed by atoms with Gasteiger partial charge >= 0.3 is 6.03 Å². The maximum Gasteiger partial charge on any atom is 0.316 e. The SMILES string of the molecule is CCc1cccc(CC)c1-n1nc2c(c1-c1ccc(NC(N)=O)cc1)CN(Cc1cc(Cl)ccc1Cl)CC2. The number of carbonyl (C=O) groups is 1. The Hall–Kier alpha value is -3.32. The summed E-state index contributed by atoms with van der Waals surface area (Å²) in [6.07, 6.45) is 2.66. The molecule has 5 rings (SSSR count). The third-order valence-electron chi connectivity index (χ3n) is 7.12. The van der Waals surface area contributed by atoms with E-state index in [9.17, 15) is 4.79 Å². The van der Waals surface area contributed by atoms with Crippen molar-refractivity contribution in [3.05, 3.63) is 98.7 Å². The lowest BCUT2D eigenvalue weighted by molar-refractivity contribution is 0.245. The van der Waals surface area contributed by atoms with Crippen LogP contribution in [0.2, 0.25) is 10.0 Å². The predicted molar refractivity (Wildman–Crippen MR) is 155 cm³/mol. The highest BCUT2D eigenvalue weighted by Crippen LogP contribution is 2.36. The molecule has 6 nitrogen and oxygen atoms in total. The van der Waals surface area contributed by atoms with Crippen molar-refractivity contribution in [3.63, 3.8) is 0 Å². The van der Waals surface area contributed by atoms with Gasteiger partial charge in [0.05, 0.1) is 17.1 Å². The maximum atomic E-state index is 11.4. The average Bonchev–Trinajstić information content (AvgIpc) is 3.28. The van der Waals surface area contributed by atoms with E-state index in [0.29, 0.717) is 17.3 Å². The van der Waals surface area contributed by atoms with Crippen LogP contribution in [0, 0.1) is 0 Å². The second-order valence-electron chi connectivity index (χ2n) is 9.58. The number of aryl methyl sites for hydroxylation is 2. The number of fused-ring (bicyclic) bond motifs is 1. The van der Waals surface area contributed by atoms with E-state index in [-0.39, 0.29) is 0 Å². The summed E-state index contributed by atoms with van der Waals surface area (Å²) in [5, 5.41) is 9.27. The van der Waals surface area contributed by atoms with Gasteiger partial charge in [-0.1, -0.05) is 67.4 Å². The lowest BCUT2D eigenvalue weighted by atomic mass is 9.98. The Morgan fingerprint density at radius 1 is 1.00 bits per heavy atom. The number of hydrogen-bond acceptors (Lipinski definition) is 3. The molecule has 0 saturated carbocycles. The van der Waals surface area contributed by atoms with Gasteiger partial charge in [0.1, 0.15) is 0 Å². The van der Waals surface area contributed by atoms with Crippen LogP contribution in [0.25, 0.3) is 16.9 Å². The molecule has 0 saturated heterocycles. The number of nitrogens with two attached hydrogens (primary N) is 1. The maximum absolute atomic E-state index is 11.4. The topological polar surface area (TPSA) is 76.2 Å². The van der Waals surface area contributed by atoms with Crippen LogP contribution < -0.4 is 11.1 Å². The summed E-state index contributed by atoms with van der Waals surface area (Å²) >= 11 is 12.8. The number of para-hydroxylation sites is 1. The summed E-state index contributed by atoms with van der Waals surface area (Å²) in [4.78, 5) is 13.8. The van der Waals surface area contributed by atoms with Gasteiger partial charge in [0.2, 0.25) is 0 Å². The first-order valence-electron chi connectivity index (χ1n) is 12.9. The Balaban J connectivity index is 1.62. The summed E-state index contributed by atoms with van der Waals surface area (Å²) in [6, 6.07) is 19.3. The fourth-order valence-corrected chi connectivity index (χ4v) is 5.64. The first-order chi connectivity index (χ1) is 18.4. The molecule has 0 spiro atoms. The summed E-state index contributed by atoms with van der Waals surface area (Å²) in [5.41, 5.74) is 15.1. The molecule has 0 unspecified atom stereocenters. The lowest BCUT2D eigenvalue weighted by Gasteiger charge is -2.27. The van der Waals surface area contributed by atoms with Crippen LogP contribution in [0.4, 0.5) is 10.5 Å². The van der Waals surface area contributed by atoms with Gasteiger partial charge in [0.15, 0.2) is 0 Å². The molecule has 0 bridgehead atoms. The number of halogens is 2. The van der Waals surface area contributed by atoms with E-state index in [0.717, 1.165) is 65.6 Å². The van der Waals surface area contributed by atoms with Gasteiger partial charge in [-0.15, -0.1) is 0 Å². The van der Waals surface area contributed by atoms with Crippen LogP contribution in [0.3, 0.4) is 0 Å². The van der Waals surface area contributed by atoms with E-state index in [1.807, 2.05) is 42.5 Å². The second-order valence-corrected chi connectivity index (χ2v) is 10.4. The van der Waals surface area contributed by atoms with Crippen LogP contribution in [0.15, 0.2) is 60.7 Å². The molecule has 2 amide bonds. The minimum atomic E-state index is -0.583. The van der Waals surface area contributed by atoms with Crippen molar-refractivity contribution in [2.75, 3.05) is 11.9 Å². The minimum Gasteiger partial charge on any atom is -0.351 e. The Kier molecular flexibility index (Phi) is 7.75. The summed E-state index contributed by atoms with van der Waals surface area (Å²) in [7, 11) is 0. The zero-order valence-corrected chi connectivity index (χ0v) is 23.1. The number of hydrogen-bond donors (Lipinski definition) is 2. The normalized spacial score (nSPS) is 13.4.